The smallest absolute Gasteiger partial charge is 0.257 e. The lowest BCUT2D eigenvalue weighted by Gasteiger charge is -2.26. The number of morpholine rings is 1. The quantitative estimate of drug-likeness (QED) is 0.224. The highest BCUT2D eigenvalue weighted by molar-refractivity contribution is 7.80. The summed E-state index contributed by atoms with van der Waals surface area (Å²) in [5.74, 6) is -0.663. The lowest BCUT2D eigenvalue weighted by molar-refractivity contribution is -0.119. The third-order valence-electron chi connectivity index (χ3n) is 6.97. The van der Waals surface area contributed by atoms with E-state index in [1.54, 1.807) is 24.3 Å². The van der Waals surface area contributed by atoms with Crippen LogP contribution in [0.3, 0.4) is 0 Å². The van der Waals surface area contributed by atoms with Gasteiger partial charge >= 0.3 is 0 Å². The molecule has 1 saturated heterocycles. The third kappa shape index (κ3) is 7.84. The fourth-order valence-electron chi connectivity index (χ4n) is 4.79. The Balaban J connectivity index is 1.26. The Morgan fingerprint density at radius 3 is 2.55 bits per heavy atom. The second-order valence-corrected chi connectivity index (χ2v) is 10.4. The van der Waals surface area contributed by atoms with Crippen molar-refractivity contribution in [1.82, 2.24) is 20.5 Å². The molecule has 2 heterocycles. The number of anilines is 1. The molecule has 3 N–H and O–H groups in total. The van der Waals surface area contributed by atoms with Gasteiger partial charge in [0.15, 0.2) is 16.7 Å². The van der Waals surface area contributed by atoms with Gasteiger partial charge < -0.3 is 30.2 Å². The lowest BCUT2D eigenvalue weighted by atomic mass is 10.1. The number of rotatable bonds is 10. The lowest BCUT2D eigenvalue weighted by Crippen LogP contribution is -2.41. The number of nitrogens with zero attached hydrogens (tertiary/aromatic N) is 2. The van der Waals surface area contributed by atoms with Gasteiger partial charge in [0.05, 0.1) is 32.3 Å². The Hall–Kier alpha value is -4.65. The monoisotopic (exact) mass is 617 g/mol. The van der Waals surface area contributed by atoms with Crippen LogP contribution in [0.5, 0.6) is 17.2 Å². The molecule has 0 aliphatic carbocycles. The van der Waals surface area contributed by atoms with Crippen LogP contribution in [-0.4, -0.2) is 73.3 Å². The summed E-state index contributed by atoms with van der Waals surface area (Å²) in [6.07, 6.45) is 1.65. The molecule has 1 aliphatic heterocycles. The molecule has 0 radical (unpaired) electrons. The van der Waals surface area contributed by atoms with Crippen molar-refractivity contribution < 1.29 is 28.2 Å². The van der Waals surface area contributed by atoms with Crippen molar-refractivity contribution in [1.29, 1.82) is 0 Å². The van der Waals surface area contributed by atoms with Crippen LogP contribution in [-0.2, 0) is 16.0 Å². The molecule has 0 bridgehead atoms. The first-order valence-electron chi connectivity index (χ1n) is 14.1. The SMILES string of the molecule is COc1ccc2c(Oc3ccc(NC(=S)NC(=O)Cc4ccccc4)cc3F)ccnc2c1C(=O)NCCN1CCOCC1. The topological polar surface area (TPSA) is 114 Å². The number of hydrogen-bond donors (Lipinski definition) is 3. The van der Waals surface area contributed by atoms with Crippen molar-refractivity contribution in [3.05, 3.63) is 89.9 Å². The number of pyridine rings is 1. The third-order valence-corrected chi connectivity index (χ3v) is 7.17. The van der Waals surface area contributed by atoms with Crippen molar-refractivity contribution in [3.8, 4) is 17.2 Å². The zero-order valence-corrected chi connectivity index (χ0v) is 24.9. The highest BCUT2D eigenvalue weighted by Crippen LogP contribution is 2.35. The Morgan fingerprint density at radius 1 is 1.02 bits per heavy atom. The molecule has 2 amide bonds. The average Bonchev–Trinajstić information content (AvgIpc) is 3.02. The van der Waals surface area contributed by atoms with Crippen molar-refractivity contribution in [2.45, 2.75) is 6.42 Å². The van der Waals surface area contributed by atoms with Gasteiger partial charge in [-0.1, -0.05) is 30.3 Å². The van der Waals surface area contributed by atoms with Crippen LogP contribution >= 0.6 is 12.2 Å². The van der Waals surface area contributed by atoms with Gasteiger partial charge in [0.25, 0.3) is 5.91 Å². The molecule has 1 aliphatic rings. The van der Waals surface area contributed by atoms with Gasteiger partial charge in [-0.05, 0) is 48.1 Å². The summed E-state index contributed by atoms with van der Waals surface area (Å²) < 4.78 is 31.9. The summed E-state index contributed by atoms with van der Waals surface area (Å²) in [6, 6.07) is 18.5. The standard InChI is InChI=1S/C32H32FN5O5S/c1-41-27-10-8-23-25(11-12-34-30(23)29(27)31(40)35-13-14-38-15-17-42-18-16-38)43-26-9-7-22(20-24(26)33)36-32(44)37-28(39)19-21-5-3-2-4-6-21/h2-12,20H,13-19H2,1H3,(H,35,40)(H2,36,37,39,44). The molecule has 44 heavy (non-hydrogen) atoms. The van der Waals surface area contributed by atoms with Crippen molar-refractivity contribution in [2.24, 2.45) is 0 Å². The van der Waals surface area contributed by atoms with E-state index in [9.17, 15) is 9.59 Å². The molecule has 0 unspecified atom stereocenters. The van der Waals surface area contributed by atoms with Crippen LogP contribution in [0.15, 0.2) is 72.9 Å². The van der Waals surface area contributed by atoms with Crippen molar-refractivity contribution in [3.63, 3.8) is 0 Å². The predicted octanol–water partition coefficient (Wildman–Crippen LogP) is 4.29. The van der Waals surface area contributed by atoms with Gasteiger partial charge in [0.2, 0.25) is 5.91 Å². The highest BCUT2D eigenvalue weighted by Gasteiger charge is 2.21. The Bertz CT molecular complexity index is 1650. The highest BCUT2D eigenvalue weighted by atomic mass is 32.1. The number of hydrogen-bond acceptors (Lipinski definition) is 8. The second kappa shape index (κ2) is 14.7. The number of nitrogens with one attached hydrogen (secondary N) is 3. The first-order valence-corrected chi connectivity index (χ1v) is 14.5. The number of benzene rings is 3. The van der Waals surface area contributed by atoms with E-state index in [1.165, 1.54) is 25.4 Å². The molecule has 0 atom stereocenters. The molecular formula is C32H32FN5O5S. The number of halogens is 1. The summed E-state index contributed by atoms with van der Waals surface area (Å²) in [6.45, 7) is 4.14. The average molecular weight is 618 g/mol. The van der Waals surface area contributed by atoms with Crippen molar-refractivity contribution in [2.75, 3.05) is 51.8 Å². The number of thiocarbonyl (C=S) groups is 1. The summed E-state index contributed by atoms with van der Waals surface area (Å²) in [7, 11) is 1.48. The first kappa shape index (κ1) is 30.8. The van der Waals surface area contributed by atoms with E-state index >= 15 is 4.39 Å². The van der Waals surface area contributed by atoms with Crippen molar-refractivity contribution >= 4 is 45.7 Å². The van der Waals surface area contributed by atoms with Crippen LogP contribution < -0.4 is 25.4 Å². The minimum absolute atomic E-state index is 0.0452. The van der Waals surface area contributed by atoms with Crippen LogP contribution in [0.1, 0.15) is 15.9 Å². The van der Waals surface area contributed by atoms with Gasteiger partial charge in [-0.25, -0.2) is 4.39 Å². The maximum atomic E-state index is 15.1. The Labute approximate surface area is 259 Å². The number of aromatic nitrogens is 1. The maximum absolute atomic E-state index is 15.1. The number of ether oxygens (including phenoxy) is 3. The molecule has 3 aromatic carbocycles. The normalized spacial score (nSPS) is 13.2. The van der Waals surface area contributed by atoms with Gasteiger partial charge in [-0.2, -0.15) is 0 Å². The Kier molecular flexibility index (Phi) is 10.3. The van der Waals surface area contributed by atoms with Gasteiger partial charge in [-0.3, -0.25) is 19.5 Å². The molecule has 10 nitrogen and oxygen atoms in total. The number of fused-ring (bicyclic) bond motifs is 1. The zero-order valence-electron chi connectivity index (χ0n) is 24.1. The molecule has 1 fully saturated rings. The molecule has 4 aromatic rings. The van der Waals surface area contributed by atoms with E-state index < -0.39 is 5.82 Å². The minimum atomic E-state index is -0.659. The molecule has 228 valence electrons. The number of amides is 2. The maximum Gasteiger partial charge on any atom is 0.257 e. The number of methoxy groups -OCH3 is 1. The van der Waals surface area contributed by atoms with Gasteiger partial charge in [-0.15, -0.1) is 0 Å². The molecule has 0 saturated carbocycles. The first-order chi connectivity index (χ1) is 21.4. The summed E-state index contributed by atoms with van der Waals surface area (Å²) in [4.78, 5) is 32.2. The fraction of sp³-hybridized carbons (Fsp3) is 0.250. The van der Waals surface area contributed by atoms with E-state index in [4.69, 9.17) is 26.4 Å². The molecule has 1 aromatic heterocycles. The van der Waals surface area contributed by atoms with Crippen LogP contribution in [0, 0.1) is 5.82 Å². The summed E-state index contributed by atoms with van der Waals surface area (Å²) in [5.41, 5.74) is 1.81. The van der Waals surface area contributed by atoms with E-state index in [1.807, 2.05) is 30.3 Å². The van der Waals surface area contributed by atoms with Crippen LogP contribution in [0.2, 0.25) is 0 Å². The molecule has 5 rings (SSSR count). The summed E-state index contributed by atoms with van der Waals surface area (Å²) >= 11 is 5.22. The minimum Gasteiger partial charge on any atom is -0.496 e. The molecular weight excluding hydrogens is 585 g/mol. The Morgan fingerprint density at radius 2 is 1.80 bits per heavy atom. The van der Waals surface area contributed by atoms with E-state index in [0.29, 0.717) is 54.4 Å². The van der Waals surface area contributed by atoms with Gasteiger partial charge in [0.1, 0.15) is 17.1 Å². The molecule has 12 heteroatoms. The fourth-order valence-corrected chi connectivity index (χ4v) is 5.02. The number of carbonyl (C=O) groups excluding carboxylic acids is 2. The van der Waals surface area contributed by atoms with Crippen LogP contribution in [0.4, 0.5) is 10.1 Å². The second-order valence-electron chi connectivity index (χ2n) is 9.97. The molecule has 0 spiro atoms. The zero-order chi connectivity index (χ0) is 30.9. The van der Waals surface area contributed by atoms with Gasteiger partial charge in [0, 0.05) is 49.5 Å². The van der Waals surface area contributed by atoms with E-state index in [-0.39, 0.29) is 34.7 Å². The number of carbonyl (C=O) groups is 2. The largest absolute Gasteiger partial charge is 0.496 e. The van der Waals surface area contributed by atoms with E-state index in [2.05, 4.69) is 25.8 Å². The van der Waals surface area contributed by atoms with E-state index in [0.717, 1.165) is 18.7 Å². The predicted molar refractivity (Wildman–Crippen MR) is 169 cm³/mol. The summed E-state index contributed by atoms with van der Waals surface area (Å²) in [5, 5.41) is 8.92. The van der Waals surface area contributed by atoms with Crippen LogP contribution in [0.25, 0.3) is 10.9 Å².